The maximum Gasteiger partial charge on any atom is 0.335 e. The molecule has 0 saturated carbocycles. The monoisotopic (exact) mass is 311 g/mol. The second-order valence-electron chi connectivity index (χ2n) is 5.83. The first kappa shape index (κ1) is 17.1. The zero-order valence-electron chi connectivity index (χ0n) is 14.2. The molecule has 0 fully saturated rings. The third kappa shape index (κ3) is 3.92. The van der Waals surface area contributed by atoms with Gasteiger partial charge in [0.1, 0.15) is 0 Å². The molecule has 1 N–H and O–H groups in total. The van der Waals surface area contributed by atoms with Crippen LogP contribution in [-0.2, 0) is 6.42 Å². The first-order valence-corrected chi connectivity index (χ1v) is 8.25. The molecule has 3 nitrogen and oxygen atoms in total. The van der Waals surface area contributed by atoms with E-state index in [1.165, 1.54) is 0 Å². The van der Waals surface area contributed by atoms with Gasteiger partial charge < -0.3 is 10.0 Å². The van der Waals surface area contributed by atoms with Crippen LogP contribution in [0, 0.1) is 0 Å². The fraction of sp³-hybridized carbons (Fsp3) is 0.350. The fourth-order valence-electron chi connectivity index (χ4n) is 2.84. The lowest BCUT2D eigenvalue weighted by Crippen LogP contribution is -2.20. The molecule has 2 rings (SSSR count). The number of nitrogens with zero attached hydrogens (tertiary/aromatic N) is 1. The van der Waals surface area contributed by atoms with Gasteiger partial charge in [0.25, 0.3) is 0 Å². The molecule has 0 amide bonds. The van der Waals surface area contributed by atoms with E-state index >= 15 is 0 Å². The van der Waals surface area contributed by atoms with Crippen LogP contribution in [0.15, 0.2) is 42.5 Å². The van der Waals surface area contributed by atoms with Gasteiger partial charge in [-0.2, -0.15) is 0 Å². The Labute approximate surface area is 138 Å². The Morgan fingerprint density at radius 3 is 2.39 bits per heavy atom. The molecule has 0 bridgehead atoms. The van der Waals surface area contributed by atoms with Gasteiger partial charge in [0.05, 0.1) is 5.56 Å². The van der Waals surface area contributed by atoms with E-state index in [0.717, 1.165) is 48.2 Å². The SMILES string of the molecule is CCCCN(C)c1cc(C(=O)O)cc(CC)c1-c1ccccc1. The number of carbonyl (C=O) groups is 1. The van der Waals surface area contributed by atoms with Gasteiger partial charge in [0, 0.05) is 24.8 Å². The number of anilines is 1. The molecule has 0 aromatic heterocycles. The Morgan fingerprint density at radius 2 is 1.83 bits per heavy atom. The summed E-state index contributed by atoms with van der Waals surface area (Å²) in [5.41, 5.74) is 4.73. The molecule has 2 aromatic rings. The van der Waals surface area contributed by atoms with Crippen molar-refractivity contribution in [1.29, 1.82) is 0 Å². The van der Waals surface area contributed by atoms with Crippen LogP contribution >= 0.6 is 0 Å². The van der Waals surface area contributed by atoms with Crippen molar-refractivity contribution in [2.24, 2.45) is 0 Å². The van der Waals surface area contributed by atoms with E-state index in [4.69, 9.17) is 0 Å². The Bertz CT molecular complexity index is 665. The molecular weight excluding hydrogens is 286 g/mol. The van der Waals surface area contributed by atoms with Crippen molar-refractivity contribution in [3.8, 4) is 11.1 Å². The highest BCUT2D eigenvalue weighted by Gasteiger charge is 2.17. The maximum absolute atomic E-state index is 11.5. The minimum absolute atomic E-state index is 0.361. The average molecular weight is 311 g/mol. The van der Waals surface area contributed by atoms with E-state index < -0.39 is 5.97 Å². The van der Waals surface area contributed by atoms with Gasteiger partial charge in [-0.1, -0.05) is 50.6 Å². The van der Waals surface area contributed by atoms with E-state index in [2.05, 4.69) is 30.9 Å². The van der Waals surface area contributed by atoms with E-state index in [1.807, 2.05) is 31.3 Å². The standard InChI is InChI=1S/C20H25NO2/c1-4-6-12-21(3)18-14-17(20(22)23)13-15(5-2)19(18)16-10-8-7-9-11-16/h7-11,13-14H,4-6,12H2,1-3H3,(H,22,23). The van der Waals surface area contributed by atoms with Crippen LogP contribution in [0.1, 0.15) is 42.6 Å². The fourth-order valence-corrected chi connectivity index (χ4v) is 2.84. The minimum Gasteiger partial charge on any atom is -0.478 e. The van der Waals surface area contributed by atoms with Crippen molar-refractivity contribution in [3.63, 3.8) is 0 Å². The molecule has 0 saturated heterocycles. The summed E-state index contributed by atoms with van der Waals surface area (Å²) >= 11 is 0. The number of aryl methyl sites for hydroxylation is 1. The number of carboxylic acids is 1. The van der Waals surface area contributed by atoms with Crippen molar-refractivity contribution in [2.45, 2.75) is 33.1 Å². The first-order valence-electron chi connectivity index (χ1n) is 8.25. The highest BCUT2D eigenvalue weighted by atomic mass is 16.4. The zero-order valence-corrected chi connectivity index (χ0v) is 14.2. The summed E-state index contributed by atoms with van der Waals surface area (Å²) in [7, 11) is 2.04. The van der Waals surface area contributed by atoms with Gasteiger partial charge >= 0.3 is 5.97 Å². The lowest BCUT2D eigenvalue weighted by molar-refractivity contribution is 0.0697. The summed E-state index contributed by atoms with van der Waals surface area (Å²) in [6.45, 7) is 5.16. The molecule has 3 heteroatoms. The van der Waals surface area contributed by atoms with Gasteiger partial charge in [0.2, 0.25) is 0 Å². The summed E-state index contributed by atoms with van der Waals surface area (Å²) in [5, 5.41) is 9.43. The van der Waals surface area contributed by atoms with E-state index in [1.54, 1.807) is 6.07 Å². The summed E-state index contributed by atoms with van der Waals surface area (Å²) in [5.74, 6) is -0.871. The molecule has 2 aromatic carbocycles. The van der Waals surface area contributed by atoms with Crippen LogP contribution in [0.5, 0.6) is 0 Å². The van der Waals surface area contributed by atoms with Crippen LogP contribution in [0.3, 0.4) is 0 Å². The predicted octanol–water partition coefficient (Wildman–Crippen LogP) is 4.85. The van der Waals surface area contributed by atoms with Gasteiger partial charge in [-0.3, -0.25) is 0 Å². The van der Waals surface area contributed by atoms with Crippen LogP contribution < -0.4 is 4.90 Å². The van der Waals surface area contributed by atoms with Gasteiger partial charge in [-0.05, 0) is 36.1 Å². The number of aromatic carboxylic acids is 1. The molecule has 0 atom stereocenters. The normalized spacial score (nSPS) is 10.6. The quantitative estimate of drug-likeness (QED) is 0.794. The summed E-state index contributed by atoms with van der Waals surface area (Å²) in [6.07, 6.45) is 3.01. The lowest BCUT2D eigenvalue weighted by atomic mass is 9.93. The molecule has 23 heavy (non-hydrogen) atoms. The van der Waals surface area contributed by atoms with Gasteiger partial charge in [0.15, 0.2) is 0 Å². The predicted molar refractivity (Wildman–Crippen MR) is 96.4 cm³/mol. The highest BCUT2D eigenvalue weighted by molar-refractivity contribution is 5.93. The first-order chi connectivity index (χ1) is 11.1. The molecule has 122 valence electrons. The summed E-state index contributed by atoms with van der Waals surface area (Å²) in [4.78, 5) is 13.7. The van der Waals surface area contributed by atoms with Gasteiger partial charge in [-0.15, -0.1) is 0 Å². The Kier molecular flexibility index (Phi) is 5.80. The third-order valence-electron chi connectivity index (χ3n) is 4.15. The molecule has 0 unspecified atom stereocenters. The summed E-state index contributed by atoms with van der Waals surface area (Å²) in [6, 6.07) is 13.8. The van der Waals surface area contributed by atoms with Crippen molar-refractivity contribution in [1.82, 2.24) is 0 Å². The number of rotatable bonds is 7. The number of carboxylic acid groups (broad SMARTS) is 1. The second kappa shape index (κ2) is 7.82. The van der Waals surface area contributed by atoms with Crippen LogP contribution in [-0.4, -0.2) is 24.7 Å². The van der Waals surface area contributed by atoms with Crippen LogP contribution in [0.25, 0.3) is 11.1 Å². The van der Waals surface area contributed by atoms with E-state index in [-0.39, 0.29) is 0 Å². The van der Waals surface area contributed by atoms with E-state index in [0.29, 0.717) is 5.56 Å². The van der Waals surface area contributed by atoms with Gasteiger partial charge in [-0.25, -0.2) is 4.79 Å². The van der Waals surface area contributed by atoms with Crippen molar-refractivity contribution >= 4 is 11.7 Å². The largest absolute Gasteiger partial charge is 0.478 e. The molecule has 0 spiro atoms. The topological polar surface area (TPSA) is 40.5 Å². The average Bonchev–Trinajstić information content (AvgIpc) is 2.59. The molecule has 0 aliphatic heterocycles. The smallest absolute Gasteiger partial charge is 0.335 e. The number of benzene rings is 2. The molecule has 0 radical (unpaired) electrons. The number of hydrogen-bond acceptors (Lipinski definition) is 2. The molecular formula is C20H25NO2. The maximum atomic E-state index is 11.5. The van der Waals surface area contributed by atoms with Crippen LogP contribution in [0.4, 0.5) is 5.69 Å². The Hall–Kier alpha value is -2.29. The Balaban J connectivity index is 2.63. The van der Waals surface area contributed by atoms with Crippen LogP contribution in [0.2, 0.25) is 0 Å². The van der Waals surface area contributed by atoms with Crippen molar-refractivity contribution in [3.05, 3.63) is 53.6 Å². The molecule has 0 heterocycles. The molecule has 0 aliphatic carbocycles. The number of unbranched alkanes of at least 4 members (excludes halogenated alkanes) is 1. The van der Waals surface area contributed by atoms with Crippen molar-refractivity contribution < 1.29 is 9.90 Å². The summed E-state index contributed by atoms with van der Waals surface area (Å²) < 4.78 is 0. The second-order valence-corrected chi connectivity index (χ2v) is 5.83. The Morgan fingerprint density at radius 1 is 1.13 bits per heavy atom. The van der Waals surface area contributed by atoms with Crippen molar-refractivity contribution in [2.75, 3.05) is 18.5 Å². The van der Waals surface area contributed by atoms with E-state index in [9.17, 15) is 9.90 Å². The third-order valence-corrected chi connectivity index (χ3v) is 4.15. The minimum atomic E-state index is -0.871. The number of hydrogen-bond donors (Lipinski definition) is 1. The lowest BCUT2D eigenvalue weighted by Gasteiger charge is -2.25. The highest BCUT2D eigenvalue weighted by Crippen LogP contribution is 2.35. The molecule has 0 aliphatic rings. The zero-order chi connectivity index (χ0) is 16.8.